The first kappa shape index (κ1) is 22.6. The summed E-state index contributed by atoms with van der Waals surface area (Å²) in [4.78, 5) is 46.8. The molecule has 3 heterocycles. The lowest BCUT2D eigenvalue weighted by atomic mass is 10.2. The van der Waals surface area contributed by atoms with Gasteiger partial charge in [-0.05, 0) is 17.0 Å². The third-order valence-electron chi connectivity index (χ3n) is 4.92. The molecule has 1 aromatic carbocycles. The molecule has 4 aromatic rings. The number of hydrogen-bond donors (Lipinski definition) is 2. The van der Waals surface area contributed by atoms with Crippen molar-refractivity contribution in [3.8, 4) is 10.6 Å². The van der Waals surface area contributed by atoms with E-state index in [2.05, 4.69) is 9.97 Å². The van der Waals surface area contributed by atoms with Crippen molar-refractivity contribution in [2.24, 2.45) is 0 Å². The van der Waals surface area contributed by atoms with Gasteiger partial charge in [0.25, 0.3) is 11.5 Å². The number of benzene rings is 1. The van der Waals surface area contributed by atoms with Crippen LogP contribution in [0.3, 0.4) is 0 Å². The molecule has 0 unspecified atom stereocenters. The number of nitrogens with two attached hydrogens (primary N) is 1. The molecule has 0 radical (unpaired) electrons. The van der Waals surface area contributed by atoms with Crippen molar-refractivity contribution in [3.63, 3.8) is 0 Å². The van der Waals surface area contributed by atoms with E-state index in [4.69, 9.17) is 10.5 Å². The quantitative estimate of drug-likeness (QED) is 0.397. The molecule has 0 atom stereocenters. The fraction of sp³-hybridized carbons (Fsp3) is 0.182. The van der Waals surface area contributed by atoms with E-state index in [1.54, 1.807) is 5.38 Å². The summed E-state index contributed by atoms with van der Waals surface area (Å²) in [5.74, 6) is -0.607. The average Bonchev–Trinajstić information content (AvgIpc) is 3.50. The summed E-state index contributed by atoms with van der Waals surface area (Å²) in [5, 5.41) is 6.23. The molecule has 0 spiro atoms. The number of amides is 1. The lowest BCUT2D eigenvalue weighted by Crippen LogP contribution is -2.41. The number of thiophene rings is 1. The van der Waals surface area contributed by atoms with Crippen LogP contribution in [0.1, 0.15) is 16.1 Å². The van der Waals surface area contributed by atoms with Gasteiger partial charge in [-0.25, -0.2) is 9.78 Å². The summed E-state index contributed by atoms with van der Waals surface area (Å²) < 4.78 is 6.23. The number of carbonyl (C=O) groups excluding carboxylic acids is 1. The Morgan fingerprint density at radius 3 is 2.70 bits per heavy atom. The van der Waals surface area contributed by atoms with Gasteiger partial charge in [-0.1, -0.05) is 30.3 Å². The van der Waals surface area contributed by atoms with Gasteiger partial charge < -0.3 is 10.5 Å². The first-order chi connectivity index (χ1) is 16.0. The smallest absolute Gasteiger partial charge is 0.330 e. The van der Waals surface area contributed by atoms with Crippen molar-refractivity contribution in [2.75, 3.05) is 24.4 Å². The van der Waals surface area contributed by atoms with E-state index in [1.807, 2.05) is 47.2 Å². The van der Waals surface area contributed by atoms with E-state index in [9.17, 15) is 14.4 Å². The molecule has 3 N–H and O–H groups in total. The van der Waals surface area contributed by atoms with Gasteiger partial charge in [0.2, 0.25) is 0 Å². The van der Waals surface area contributed by atoms with E-state index < -0.39 is 17.2 Å². The van der Waals surface area contributed by atoms with Gasteiger partial charge in [-0.15, -0.1) is 11.3 Å². The Balaban J connectivity index is 1.80. The summed E-state index contributed by atoms with van der Waals surface area (Å²) in [6.45, 7) is 0.399. The maximum Gasteiger partial charge on any atom is 0.330 e. The number of H-pyrrole nitrogens is 1. The van der Waals surface area contributed by atoms with Gasteiger partial charge in [0.05, 0.1) is 19.7 Å². The van der Waals surface area contributed by atoms with Gasteiger partial charge >= 0.3 is 5.69 Å². The minimum Gasteiger partial charge on any atom is -0.383 e. The Morgan fingerprint density at radius 2 is 2.00 bits per heavy atom. The van der Waals surface area contributed by atoms with E-state index in [0.29, 0.717) is 5.01 Å². The Labute approximate surface area is 196 Å². The standard InChI is InChI=1S/C22H21N5O4S2/c1-31-9-8-26-18(23)17(19(28)25-22(26)30)27(11-14-5-3-2-4-6-14)21(29)16-13-33-20(24-16)15-7-10-32-12-15/h2-7,10,12-13H,8-9,11,23H2,1H3,(H,25,28,30). The molecule has 33 heavy (non-hydrogen) atoms. The molecule has 0 aliphatic heterocycles. The molecule has 0 saturated carbocycles. The highest BCUT2D eigenvalue weighted by molar-refractivity contribution is 7.14. The zero-order valence-corrected chi connectivity index (χ0v) is 19.3. The van der Waals surface area contributed by atoms with Crippen molar-refractivity contribution in [3.05, 3.63) is 84.6 Å². The fourth-order valence-electron chi connectivity index (χ4n) is 3.29. The summed E-state index contributed by atoms with van der Waals surface area (Å²) in [6.07, 6.45) is 0. The number of hydrogen-bond acceptors (Lipinski definition) is 8. The Bertz CT molecular complexity index is 1360. The second-order valence-corrected chi connectivity index (χ2v) is 8.70. The van der Waals surface area contributed by atoms with Crippen LogP contribution in [-0.2, 0) is 17.8 Å². The van der Waals surface area contributed by atoms with Crippen molar-refractivity contribution in [2.45, 2.75) is 13.1 Å². The molecule has 0 saturated heterocycles. The molecule has 0 aliphatic carbocycles. The molecule has 170 valence electrons. The predicted molar refractivity (Wildman–Crippen MR) is 130 cm³/mol. The monoisotopic (exact) mass is 483 g/mol. The lowest BCUT2D eigenvalue weighted by molar-refractivity contribution is 0.0980. The molecule has 4 rings (SSSR count). The zero-order chi connectivity index (χ0) is 23.4. The molecule has 3 aromatic heterocycles. The number of aromatic amines is 1. The van der Waals surface area contributed by atoms with Gasteiger partial charge in [0, 0.05) is 23.4 Å². The third kappa shape index (κ3) is 4.80. The molecular formula is C22H21N5O4S2. The number of aromatic nitrogens is 3. The largest absolute Gasteiger partial charge is 0.383 e. The van der Waals surface area contributed by atoms with Crippen LogP contribution in [0.5, 0.6) is 0 Å². The summed E-state index contributed by atoms with van der Waals surface area (Å²) in [6, 6.07) is 11.1. The minimum absolute atomic E-state index is 0.0702. The van der Waals surface area contributed by atoms with E-state index in [1.165, 1.54) is 39.3 Å². The van der Waals surface area contributed by atoms with Gasteiger partial charge in [-0.3, -0.25) is 24.0 Å². The number of nitrogen functional groups attached to an aromatic ring is 1. The predicted octanol–water partition coefficient (Wildman–Crippen LogP) is 2.80. The van der Waals surface area contributed by atoms with Crippen molar-refractivity contribution < 1.29 is 9.53 Å². The SMILES string of the molecule is COCCn1c(N)c(N(Cc2ccccc2)C(=O)c2csc(-c3ccsc3)n2)c(=O)[nH]c1=O. The zero-order valence-electron chi connectivity index (χ0n) is 17.7. The van der Waals surface area contributed by atoms with E-state index in [0.717, 1.165) is 11.1 Å². The molecule has 0 aliphatic rings. The number of ether oxygens (including phenoxy) is 1. The maximum absolute atomic E-state index is 13.6. The highest BCUT2D eigenvalue weighted by Crippen LogP contribution is 2.28. The number of nitrogens with zero attached hydrogens (tertiary/aromatic N) is 3. The molecule has 0 fully saturated rings. The molecule has 9 nitrogen and oxygen atoms in total. The normalized spacial score (nSPS) is 10.9. The van der Waals surface area contributed by atoms with Crippen LogP contribution in [0.25, 0.3) is 10.6 Å². The Hall–Kier alpha value is -3.54. The lowest BCUT2D eigenvalue weighted by Gasteiger charge is -2.24. The Kier molecular flexibility index (Phi) is 6.82. The summed E-state index contributed by atoms with van der Waals surface area (Å²) >= 11 is 2.88. The minimum atomic E-state index is -0.747. The van der Waals surface area contributed by atoms with Crippen LogP contribution in [0.2, 0.25) is 0 Å². The molecular weight excluding hydrogens is 462 g/mol. The second-order valence-electron chi connectivity index (χ2n) is 7.06. The van der Waals surface area contributed by atoms with Crippen molar-refractivity contribution >= 4 is 40.1 Å². The van der Waals surface area contributed by atoms with Crippen LogP contribution in [0.4, 0.5) is 11.5 Å². The molecule has 1 amide bonds. The van der Waals surface area contributed by atoms with Crippen LogP contribution >= 0.6 is 22.7 Å². The van der Waals surface area contributed by atoms with Crippen molar-refractivity contribution in [1.82, 2.24) is 14.5 Å². The first-order valence-electron chi connectivity index (χ1n) is 9.95. The van der Waals surface area contributed by atoms with Crippen LogP contribution in [-0.4, -0.2) is 34.2 Å². The Morgan fingerprint density at radius 1 is 1.21 bits per heavy atom. The van der Waals surface area contributed by atoms with Gasteiger partial charge in [0.1, 0.15) is 16.5 Å². The highest BCUT2D eigenvalue weighted by atomic mass is 32.1. The number of methoxy groups -OCH3 is 1. The topological polar surface area (TPSA) is 123 Å². The average molecular weight is 484 g/mol. The third-order valence-corrected chi connectivity index (χ3v) is 6.50. The number of anilines is 2. The van der Waals surface area contributed by atoms with Crippen LogP contribution < -0.4 is 21.9 Å². The second kappa shape index (κ2) is 9.94. The number of thiazole rings is 1. The van der Waals surface area contributed by atoms with E-state index >= 15 is 0 Å². The first-order valence-corrected chi connectivity index (χ1v) is 11.8. The van der Waals surface area contributed by atoms with Crippen LogP contribution in [0.15, 0.2) is 62.1 Å². The number of nitrogens with one attached hydrogen (secondary N) is 1. The highest BCUT2D eigenvalue weighted by Gasteiger charge is 2.27. The number of carbonyl (C=O) groups is 1. The molecule has 11 heteroatoms. The number of rotatable bonds is 8. The van der Waals surface area contributed by atoms with Gasteiger partial charge in [-0.2, -0.15) is 11.3 Å². The van der Waals surface area contributed by atoms with Crippen LogP contribution in [0, 0.1) is 0 Å². The molecule has 0 bridgehead atoms. The summed E-state index contributed by atoms with van der Waals surface area (Å²) in [7, 11) is 1.49. The fourth-order valence-corrected chi connectivity index (χ4v) is 4.80. The summed E-state index contributed by atoms with van der Waals surface area (Å²) in [5.41, 5.74) is 6.63. The maximum atomic E-state index is 13.6. The van der Waals surface area contributed by atoms with Gasteiger partial charge in [0.15, 0.2) is 5.69 Å². The van der Waals surface area contributed by atoms with Crippen molar-refractivity contribution in [1.29, 1.82) is 0 Å². The van der Waals surface area contributed by atoms with E-state index in [-0.39, 0.29) is 36.9 Å².